The molecule has 0 aromatic heterocycles. The Kier molecular flexibility index (Phi) is 5.08. The molecule has 0 spiro atoms. The van der Waals surface area contributed by atoms with E-state index in [0.717, 1.165) is 39.0 Å². The first-order chi connectivity index (χ1) is 14.5. The van der Waals surface area contributed by atoms with Gasteiger partial charge in [0.15, 0.2) is 0 Å². The second-order valence-electron chi connectivity index (χ2n) is 9.88. The van der Waals surface area contributed by atoms with Gasteiger partial charge in [0, 0.05) is 5.92 Å². The normalized spacial score (nSPS) is 23.8. The summed E-state index contributed by atoms with van der Waals surface area (Å²) in [4.78, 5) is 0. The quantitative estimate of drug-likeness (QED) is 0.561. The van der Waals surface area contributed by atoms with Gasteiger partial charge in [0.05, 0.1) is 5.22 Å². The predicted molar refractivity (Wildman–Crippen MR) is 132 cm³/mol. The third kappa shape index (κ3) is 2.76. The molecule has 162 valence electrons. The molecule has 0 bridgehead atoms. The molecule has 2 aliphatic carbocycles. The molecule has 2 nitrogen and oxygen atoms in total. The van der Waals surface area contributed by atoms with Gasteiger partial charge < -0.3 is 10.2 Å². The molecule has 0 amide bonds. The monoisotopic (exact) mass is 430 g/mol. The first-order valence-corrected chi connectivity index (χ1v) is 14.2. The summed E-state index contributed by atoms with van der Waals surface area (Å²) in [5.41, 5.74) is 8.68. The van der Waals surface area contributed by atoms with Gasteiger partial charge in [-0.15, -0.1) is 0 Å². The van der Waals surface area contributed by atoms with Crippen molar-refractivity contribution < 1.29 is 10.2 Å². The van der Waals surface area contributed by atoms with Crippen molar-refractivity contribution in [1.82, 2.24) is 0 Å². The van der Waals surface area contributed by atoms with E-state index in [1.165, 1.54) is 5.56 Å². The average Bonchev–Trinajstić information content (AvgIpc) is 3.17. The van der Waals surface area contributed by atoms with Gasteiger partial charge in [0.2, 0.25) is 0 Å². The smallest absolute Gasteiger partial charge is 0.142 e. The summed E-state index contributed by atoms with van der Waals surface area (Å²) in [5.74, 6) is 0.149. The zero-order valence-electron chi connectivity index (χ0n) is 19.7. The molecule has 0 saturated carbocycles. The first kappa shape index (κ1) is 22.0. The predicted octanol–water partition coefficient (Wildman–Crippen LogP) is 6.28. The highest BCUT2D eigenvalue weighted by atomic mass is 28.3. The van der Waals surface area contributed by atoms with E-state index in [1.807, 2.05) is 38.1 Å². The van der Waals surface area contributed by atoms with Crippen LogP contribution in [0, 0.1) is 0 Å². The van der Waals surface area contributed by atoms with Crippen LogP contribution in [-0.4, -0.2) is 23.5 Å². The van der Waals surface area contributed by atoms with E-state index in [4.69, 9.17) is 0 Å². The highest BCUT2D eigenvalue weighted by Crippen LogP contribution is 2.56. The van der Waals surface area contributed by atoms with Crippen LogP contribution < -0.4 is 0 Å². The Labute approximate surface area is 187 Å². The molecule has 2 aromatic carbocycles. The summed E-state index contributed by atoms with van der Waals surface area (Å²) in [7, 11) is -2.82. The Hall–Kier alpha value is -2.20. The Morgan fingerprint density at radius 1 is 0.774 bits per heavy atom. The number of rotatable bonds is 4. The van der Waals surface area contributed by atoms with E-state index in [0.29, 0.717) is 0 Å². The van der Waals surface area contributed by atoms with Crippen molar-refractivity contribution in [3.63, 3.8) is 0 Å². The summed E-state index contributed by atoms with van der Waals surface area (Å²) >= 11 is 0. The molecule has 2 aromatic rings. The minimum Gasteiger partial charge on any atom is -0.385 e. The Balaban J connectivity index is 1.93. The van der Waals surface area contributed by atoms with Crippen LogP contribution >= 0.6 is 0 Å². The number of benzene rings is 2. The van der Waals surface area contributed by atoms with Crippen molar-refractivity contribution >= 4 is 13.6 Å². The van der Waals surface area contributed by atoms with E-state index in [2.05, 4.69) is 70.3 Å². The van der Waals surface area contributed by atoms with E-state index in [-0.39, 0.29) is 5.92 Å². The van der Waals surface area contributed by atoms with Crippen LogP contribution in [0.2, 0.25) is 13.1 Å². The van der Waals surface area contributed by atoms with Crippen LogP contribution in [-0.2, 0) is 5.22 Å². The SMILES string of the molecule is CC1=C(C)C(O)([Si](C)(C)C2(O)C=C(C(C)c3ccccc3)c3ccccc32)C(C)=C1C. The van der Waals surface area contributed by atoms with E-state index in [9.17, 15) is 10.2 Å². The van der Waals surface area contributed by atoms with E-state index in [1.54, 1.807) is 0 Å². The molecule has 2 N–H and O–H groups in total. The molecule has 0 radical (unpaired) electrons. The molecule has 0 fully saturated rings. The maximum absolute atomic E-state index is 12.5. The Morgan fingerprint density at radius 3 is 1.87 bits per heavy atom. The number of aliphatic hydroxyl groups is 2. The van der Waals surface area contributed by atoms with Crippen molar-refractivity contribution in [3.05, 3.63) is 99.7 Å². The summed E-state index contributed by atoms with van der Waals surface area (Å²) in [6.45, 7) is 14.7. The van der Waals surface area contributed by atoms with Gasteiger partial charge in [-0.05, 0) is 78.3 Å². The van der Waals surface area contributed by atoms with Gasteiger partial charge in [-0.3, -0.25) is 0 Å². The van der Waals surface area contributed by atoms with Crippen LogP contribution in [0.4, 0.5) is 0 Å². The van der Waals surface area contributed by atoms with Crippen LogP contribution in [0.3, 0.4) is 0 Å². The van der Waals surface area contributed by atoms with Gasteiger partial charge >= 0.3 is 0 Å². The number of allylic oxidation sites excluding steroid dienone is 3. The average molecular weight is 431 g/mol. The zero-order chi connectivity index (χ0) is 22.8. The summed E-state index contributed by atoms with van der Waals surface area (Å²) < 4.78 is 0. The third-order valence-electron chi connectivity index (χ3n) is 8.41. The number of fused-ring (bicyclic) bond motifs is 1. The van der Waals surface area contributed by atoms with E-state index >= 15 is 0 Å². The molecule has 31 heavy (non-hydrogen) atoms. The van der Waals surface area contributed by atoms with Crippen LogP contribution in [0.5, 0.6) is 0 Å². The van der Waals surface area contributed by atoms with Crippen LogP contribution in [0.1, 0.15) is 57.2 Å². The molecule has 0 aliphatic heterocycles. The second-order valence-corrected chi connectivity index (χ2v) is 14.6. The molecular weight excluding hydrogens is 396 g/mol. The lowest BCUT2D eigenvalue weighted by Gasteiger charge is -2.49. The minimum atomic E-state index is -2.82. The van der Waals surface area contributed by atoms with Crippen molar-refractivity contribution in [1.29, 1.82) is 0 Å². The minimum absolute atomic E-state index is 0.149. The summed E-state index contributed by atoms with van der Waals surface area (Å²) in [6, 6.07) is 18.6. The summed E-state index contributed by atoms with van der Waals surface area (Å²) in [5, 5.41) is 22.4. The fourth-order valence-electron chi connectivity index (χ4n) is 5.84. The fourth-order valence-corrected chi connectivity index (χ4v) is 10.1. The zero-order valence-corrected chi connectivity index (χ0v) is 20.7. The van der Waals surface area contributed by atoms with E-state index < -0.39 is 18.5 Å². The number of hydrogen-bond acceptors (Lipinski definition) is 2. The van der Waals surface area contributed by atoms with Gasteiger partial charge in [-0.2, -0.15) is 0 Å². The Bertz CT molecular complexity index is 1110. The molecule has 4 rings (SSSR count). The second kappa shape index (κ2) is 7.16. The van der Waals surface area contributed by atoms with Crippen LogP contribution in [0.25, 0.3) is 5.57 Å². The summed E-state index contributed by atoms with van der Waals surface area (Å²) in [6.07, 6.45) is 2.07. The van der Waals surface area contributed by atoms with Crippen molar-refractivity contribution in [2.45, 2.75) is 64.1 Å². The maximum atomic E-state index is 12.5. The third-order valence-corrected chi connectivity index (χ3v) is 13.3. The van der Waals surface area contributed by atoms with Gasteiger partial charge in [-0.25, -0.2) is 0 Å². The lowest BCUT2D eigenvalue weighted by Crippen LogP contribution is -2.66. The molecule has 0 saturated heterocycles. The molecule has 3 heteroatoms. The fraction of sp³-hybridized carbons (Fsp3) is 0.357. The standard InChI is InChI=1S/C28H34O2Si/c1-18-19(2)22(5)28(30,21(18)4)31(6,7)27(29)17-25(24-15-11-12-16-26(24)27)20(3)23-13-9-8-10-14-23/h8-17,20,29-30H,1-7H3. The topological polar surface area (TPSA) is 40.5 Å². The lowest BCUT2D eigenvalue weighted by molar-refractivity contribution is 0.129. The lowest BCUT2D eigenvalue weighted by atomic mass is 9.89. The first-order valence-electron chi connectivity index (χ1n) is 11.2. The molecule has 2 unspecified atom stereocenters. The van der Waals surface area contributed by atoms with Gasteiger partial charge in [0.25, 0.3) is 0 Å². The molecular formula is C28H34O2Si. The van der Waals surface area contributed by atoms with Gasteiger partial charge in [0.1, 0.15) is 13.3 Å². The van der Waals surface area contributed by atoms with Crippen LogP contribution in [0.15, 0.2) is 83.0 Å². The van der Waals surface area contributed by atoms with Crippen molar-refractivity contribution in [2.24, 2.45) is 0 Å². The molecule has 2 aliphatic rings. The Morgan fingerprint density at radius 2 is 1.29 bits per heavy atom. The highest BCUT2D eigenvalue weighted by Gasteiger charge is 2.63. The van der Waals surface area contributed by atoms with Crippen molar-refractivity contribution in [2.75, 3.05) is 0 Å². The largest absolute Gasteiger partial charge is 0.385 e. The maximum Gasteiger partial charge on any atom is 0.142 e. The molecule has 2 atom stereocenters. The van der Waals surface area contributed by atoms with Gasteiger partial charge in [-0.1, -0.05) is 74.6 Å². The highest BCUT2D eigenvalue weighted by molar-refractivity contribution is 6.84. The number of hydrogen-bond donors (Lipinski definition) is 2. The molecule has 0 heterocycles. The van der Waals surface area contributed by atoms with Crippen molar-refractivity contribution in [3.8, 4) is 0 Å².